The number of ketones is 1. The zero-order valence-electron chi connectivity index (χ0n) is 24.4. The van der Waals surface area contributed by atoms with Crippen molar-refractivity contribution in [3.05, 3.63) is 132 Å². The Morgan fingerprint density at radius 3 is 2.22 bits per heavy atom. The molecule has 2 N–H and O–H groups in total. The number of hydrogen-bond donors (Lipinski definition) is 1. The van der Waals surface area contributed by atoms with E-state index in [1.807, 2.05) is 13.0 Å². The molecule has 11 nitrogen and oxygen atoms in total. The van der Waals surface area contributed by atoms with E-state index in [-0.39, 0.29) is 49.1 Å². The van der Waals surface area contributed by atoms with Crippen LogP contribution >= 0.6 is 34.8 Å². The second-order valence-corrected chi connectivity index (χ2v) is 12.4. The van der Waals surface area contributed by atoms with E-state index in [2.05, 4.69) is 5.10 Å². The van der Waals surface area contributed by atoms with Crippen LogP contribution in [0.2, 0.25) is 15.1 Å². The third-order valence-electron chi connectivity index (χ3n) is 6.36. The van der Waals surface area contributed by atoms with Crippen molar-refractivity contribution in [2.45, 2.75) is 18.7 Å². The maximum Gasteiger partial charge on any atom is 0.340 e. The van der Waals surface area contributed by atoms with E-state index in [1.54, 1.807) is 43.3 Å². The average molecular weight is 704 g/mol. The van der Waals surface area contributed by atoms with Crippen molar-refractivity contribution in [1.29, 1.82) is 0 Å². The summed E-state index contributed by atoms with van der Waals surface area (Å²) >= 11 is 18.0. The molecular weight excluding hydrogens is 679 g/mol. The van der Waals surface area contributed by atoms with Crippen molar-refractivity contribution >= 4 is 62.1 Å². The van der Waals surface area contributed by atoms with Gasteiger partial charge in [-0.3, -0.25) is 14.9 Å². The molecule has 0 unspecified atom stereocenters. The number of anilines is 1. The van der Waals surface area contributed by atoms with Gasteiger partial charge >= 0.3 is 10.1 Å². The zero-order chi connectivity index (χ0) is 33.8. The molecule has 238 valence electrons. The monoisotopic (exact) mass is 702 g/mol. The fourth-order valence-electron chi connectivity index (χ4n) is 4.08. The van der Waals surface area contributed by atoms with E-state index in [1.165, 1.54) is 54.2 Å². The van der Waals surface area contributed by atoms with Gasteiger partial charge in [0.15, 0.2) is 0 Å². The van der Waals surface area contributed by atoms with Gasteiger partial charge in [-0.1, -0.05) is 70.7 Å². The van der Waals surface area contributed by atoms with E-state index in [4.69, 9.17) is 49.5 Å². The van der Waals surface area contributed by atoms with Crippen LogP contribution in [-0.4, -0.2) is 28.9 Å². The SMILES string of the molecule is Cc1ccc(S(=O)(=O)Oc2c(C(=O)c3ccc(Cl)cc3Cl)c(C)nn2C)cc1.Nc1c([N+](=O)[O-])ccc(Oc2ccccc2)c1Cl. The number of nitrogen functional groups attached to an aromatic ring is 1. The van der Waals surface area contributed by atoms with Crippen LogP contribution in [0.1, 0.15) is 27.2 Å². The van der Waals surface area contributed by atoms with Crippen molar-refractivity contribution in [3.63, 3.8) is 0 Å². The number of para-hydroxylation sites is 1. The Kier molecular flexibility index (Phi) is 10.6. The highest BCUT2D eigenvalue weighted by atomic mass is 35.5. The van der Waals surface area contributed by atoms with Crippen molar-refractivity contribution in [2.75, 3.05) is 5.73 Å². The van der Waals surface area contributed by atoms with Crippen molar-refractivity contribution in [3.8, 4) is 17.4 Å². The van der Waals surface area contributed by atoms with Gasteiger partial charge in [0.2, 0.25) is 11.7 Å². The molecule has 5 aromatic rings. The van der Waals surface area contributed by atoms with E-state index < -0.39 is 20.8 Å². The molecule has 0 spiro atoms. The third kappa shape index (κ3) is 7.77. The quantitative estimate of drug-likeness (QED) is 0.0557. The number of aromatic nitrogens is 2. The van der Waals surface area contributed by atoms with Gasteiger partial charge in [-0.2, -0.15) is 13.5 Å². The maximum atomic E-state index is 13.0. The predicted molar refractivity (Wildman–Crippen MR) is 176 cm³/mol. The predicted octanol–water partition coefficient (Wildman–Crippen LogP) is 7.97. The molecule has 1 heterocycles. The third-order valence-corrected chi connectivity index (χ3v) is 8.52. The average Bonchev–Trinajstić information content (AvgIpc) is 3.27. The summed E-state index contributed by atoms with van der Waals surface area (Å²) in [5, 5.41) is 15.4. The van der Waals surface area contributed by atoms with E-state index in [0.717, 1.165) is 5.56 Å². The molecule has 0 radical (unpaired) electrons. The molecular formula is C31H25Cl3N4O7S. The second-order valence-electron chi connectivity index (χ2n) is 9.68. The number of carbonyl (C=O) groups is 1. The fraction of sp³-hybridized carbons (Fsp3) is 0.0968. The topological polar surface area (TPSA) is 157 Å². The number of nitro groups is 1. The molecule has 1 aromatic heterocycles. The molecule has 0 saturated carbocycles. The van der Waals surface area contributed by atoms with Gasteiger partial charge in [0, 0.05) is 23.7 Å². The highest BCUT2D eigenvalue weighted by Gasteiger charge is 2.29. The van der Waals surface area contributed by atoms with Gasteiger partial charge in [0.05, 0.1) is 15.6 Å². The first-order valence-corrected chi connectivity index (χ1v) is 15.7. The molecule has 15 heteroatoms. The minimum Gasteiger partial charge on any atom is -0.456 e. The summed E-state index contributed by atoms with van der Waals surface area (Å²) in [4.78, 5) is 23.1. The number of hydrogen-bond acceptors (Lipinski definition) is 9. The Morgan fingerprint density at radius 2 is 1.61 bits per heavy atom. The number of halogens is 3. The molecule has 0 bridgehead atoms. The van der Waals surface area contributed by atoms with Crippen LogP contribution in [0.25, 0.3) is 0 Å². The van der Waals surface area contributed by atoms with Crippen LogP contribution in [0.5, 0.6) is 17.4 Å². The number of aryl methyl sites for hydroxylation is 3. The summed E-state index contributed by atoms with van der Waals surface area (Å²) in [7, 11) is -2.67. The summed E-state index contributed by atoms with van der Waals surface area (Å²) in [6.45, 7) is 3.43. The van der Waals surface area contributed by atoms with Crippen molar-refractivity contribution < 1.29 is 27.1 Å². The number of ether oxygens (including phenoxy) is 1. The van der Waals surface area contributed by atoms with Crippen LogP contribution in [-0.2, 0) is 17.2 Å². The number of nitrogens with two attached hydrogens (primary N) is 1. The minimum atomic E-state index is -4.16. The summed E-state index contributed by atoms with van der Waals surface area (Å²) < 4.78 is 37.4. The summed E-state index contributed by atoms with van der Waals surface area (Å²) in [6.07, 6.45) is 0. The first-order valence-electron chi connectivity index (χ1n) is 13.2. The molecule has 0 amide bonds. The highest BCUT2D eigenvalue weighted by molar-refractivity contribution is 7.87. The lowest BCUT2D eigenvalue weighted by atomic mass is 10.0. The normalized spacial score (nSPS) is 10.9. The van der Waals surface area contributed by atoms with Crippen LogP contribution < -0.4 is 14.7 Å². The van der Waals surface area contributed by atoms with Gasteiger partial charge in [-0.05, 0) is 62.4 Å². The molecule has 5 rings (SSSR count). The Labute approximate surface area is 279 Å². The van der Waals surface area contributed by atoms with Gasteiger partial charge in [0.25, 0.3) is 5.69 Å². The molecule has 0 atom stereocenters. The molecule has 0 aliphatic rings. The maximum absolute atomic E-state index is 13.0. The lowest BCUT2D eigenvalue weighted by Crippen LogP contribution is -2.15. The number of benzene rings is 4. The molecule has 4 aromatic carbocycles. The number of nitrogens with zero attached hydrogens (tertiary/aromatic N) is 3. The number of nitro benzene ring substituents is 1. The second kappa shape index (κ2) is 14.2. The highest BCUT2D eigenvalue weighted by Crippen LogP contribution is 2.39. The lowest BCUT2D eigenvalue weighted by molar-refractivity contribution is -0.383. The number of rotatable bonds is 8. The molecule has 0 saturated heterocycles. The largest absolute Gasteiger partial charge is 0.456 e. The standard InChI is InChI=1S/C19H16Cl2N2O4S.C12H9ClN2O3/c1-11-4-7-14(8-5-11)28(25,26)27-19-17(12(2)22-23(19)3)18(24)15-9-6-13(20)10-16(15)21;13-11-10(18-8-4-2-1-3-5-8)7-6-9(12(11)14)15(16)17/h4-10H,1-3H3;1-7H,14H2. The van der Waals surface area contributed by atoms with Crippen molar-refractivity contribution in [1.82, 2.24) is 9.78 Å². The number of carbonyl (C=O) groups excluding carboxylic acids is 1. The molecule has 0 aliphatic carbocycles. The van der Waals surface area contributed by atoms with E-state index >= 15 is 0 Å². The smallest absolute Gasteiger partial charge is 0.340 e. The lowest BCUT2D eigenvalue weighted by Gasteiger charge is -2.10. The Morgan fingerprint density at radius 1 is 0.957 bits per heavy atom. The fourth-order valence-corrected chi connectivity index (χ4v) is 5.73. The van der Waals surface area contributed by atoms with E-state index in [0.29, 0.717) is 16.5 Å². The van der Waals surface area contributed by atoms with Crippen LogP contribution in [0.3, 0.4) is 0 Å². The zero-order valence-corrected chi connectivity index (χ0v) is 27.5. The first kappa shape index (κ1) is 34.3. The molecule has 46 heavy (non-hydrogen) atoms. The Hall–Kier alpha value is -4.62. The summed E-state index contributed by atoms with van der Waals surface area (Å²) in [5.74, 6) is 0.161. The van der Waals surface area contributed by atoms with Gasteiger partial charge in [-0.15, -0.1) is 0 Å². The van der Waals surface area contributed by atoms with Gasteiger partial charge < -0.3 is 14.7 Å². The minimum absolute atomic E-state index is 0.0161. The van der Waals surface area contributed by atoms with Crippen molar-refractivity contribution in [2.24, 2.45) is 7.05 Å². The Balaban J connectivity index is 0.000000230. The van der Waals surface area contributed by atoms with Crippen LogP contribution in [0.4, 0.5) is 11.4 Å². The van der Waals surface area contributed by atoms with Crippen LogP contribution in [0, 0.1) is 24.0 Å². The van der Waals surface area contributed by atoms with E-state index in [9.17, 15) is 23.3 Å². The summed E-state index contributed by atoms with van der Waals surface area (Å²) in [6, 6.07) is 22.2. The first-order chi connectivity index (χ1) is 21.7. The van der Waals surface area contributed by atoms with Crippen LogP contribution in [0.15, 0.2) is 89.8 Å². The Bertz CT molecular complexity index is 2040. The van der Waals surface area contributed by atoms with Gasteiger partial charge in [-0.25, -0.2) is 4.68 Å². The molecule has 0 aliphatic heterocycles. The van der Waals surface area contributed by atoms with Gasteiger partial charge in [0.1, 0.15) is 32.7 Å². The summed E-state index contributed by atoms with van der Waals surface area (Å²) in [5.41, 5.74) is 6.65. The molecule has 0 fully saturated rings.